The van der Waals surface area contributed by atoms with Gasteiger partial charge in [0.15, 0.2) is 0 Å². The van der Waals surface area contributed by atoms with Crippen LogP contribution in [0.4, 0.5) is 14.5 Å². The van der Waals surface area contributed by atoms with E-state index in [0.29, 0.717) is 22.5 Å². The third kappa shape index (κ3) is 3.80. The van der Waals surface area contributed by atoms with E-state index in [-0.39, 0.29) is 18.1 Å². The molecule has 0 saturated carbocycles. The number of nitrogens with zero attached hydrogens (tertiary/aromatic N) is 3. The highest BCUT2D eigenvalue weighted by Gasteiger charge is 2.15. The van der Waals surface area contributed by atoms with Crippen LogP contribution in [0.15, 0.2) is 71.5 Å². The Bertz CT molecular complexity index is 1140. The lowest BCUT2D eigenvalue weighted by molar-refractivity contribution is 0.0988. The maximum atomic E-state index is 13.7. The molecular weight excluding hydrogens is 366 g/mol. The Morgan fingerprint density at radius 3 is 2.79 bits per heavy atom. The smallest absolute Gasteiger partial charge is 0.294 e. The summed E-state index contributed by atoms with van der Waals surface area (Å²) in [7, 11) is 0. The molecule has 0 radical (unpaired) electrons. The molecule has 2 aromatic carbocycles. The summed E-state index contributed by atoms with van der Waals surface area (Å²) in [5.74, 6) is -1.29. The predicted molar refractivity (Wildman–Crippen MR) is 97.6 cm³/mol. The van der Waals surface area contributed by atoms with E-state index < -0.39 is 11.7 Å². The van der Waals surface area contributed by atoms with E-state index >= 15 is 0 Å². The van der Waals surface area contributed by atoms with Crippen molar-refractivity contribution in [3.05, 3.63) is 89.9 Å². The highest BCUT2D eigenvalue weighted by atomic mass is 19.1. The van der Waals surface area contributed by atoms with Gasteiger partial charge in [-0.3, -0.25) is 9.48 Å². The Kier molecular flexibility index (Phi) is 4.67. The molecule has 0 aliphatic heterocycles. The third-order valence-corrected chi connectivity index (χ3v) is 4.04. The van der Waals surface area contributed by atoms with Crippen LogP contribution in [0.5, 0.6) is 0 Å². The van der Waals surface area contributed by atoms with Crippen molar-refractivity contribution in [3.63, 3.8) is 0 Å². The molecule has 0 saturated heterocycles. The number of carbonyl (C=O) groups is 1. The van der Waals surface area contributed by atoms with E-state index in [4.69, 9.17) is 4.52 Å². The zero-order chi connectivity index (χ0) is 19.5. The van der Waals surface area contributed by atoms with Crippen LogP contribution in [0.3, 0.4) is 0 Å². The van der Waals surface area contributed by atoms with E-state index in [1.54, 1.807) is 36.5 Å². The van der Waals surface area contributed by atoms with Crippen LogP contribution in [0.2, 0.25) is 0 Å². The Labute approximate surface area is 158 Å². The SMILES string of the molecule is O=C(Nc1cnn(Cc2ccccc2F)c1)c1cc(-c2cccc(F)c2)no1. The van der Waals surface area contributed by atoms with Crippen molar-refractivity contribution in [3.8, 4) is 11.3 Å². The predicted octanol–water partition coefficient (Wildman–Crippen LogP) is 4.12. The first-order chi connectivity index (χ1) is 13.6. The second-order valence-corrected chi connectivity index (χ2v) is 6.06. The van der Waals surface area contributed by atoms with Crippen LogP contribution in [0, 0.1) is 11.6 Å². The minimum absolute atomic E-state index is 0.0267. The van der Waals surface area contributed by atoms with Crippen LogP contribution >= 0.6 is 0 Å². The topological polar surface area (TPSA) is 73.0 Å². The number of hydrogen-bond donors (Lipinski definition) is 1. The Balaban J connectivity index is 1.45. The molecule has 0 bridgehead atoms. The van der Waals surface area contributed by atoms with Gasteiger partial charge in [-0.05, 0) is 18.2 Å². The molecule has 2 heterocycles. The van der Waals surface area contributed by atoms with Crippen LogP contribution in [-0.2, 0) is 6.54 Å². The number of anilines is 1. The molecule has 0 spiro atoms. The lowest BCUT2D eigenvalue weighted by Gasteiger charge is -2.02. The third-order valence-electron chi connectivity index (χ3n) is 4.04. The first kappa shape index (κ1) is 17.6. The van der Waals surface area contributed by atoms with Gasteiger partial charge in [-0.2, -0.15) is 5.10 Å². The quantitative estimate of drug-likeness (QED) is 0.565. The van der Waals surface area contributed by atoms with E-state index in [2.05, 4.69) is 15.6 Å². The average Bonchev–Trinajstić information content (AvgIpc) is 3.33. The second-order valence-electron chi connectivity index (χ2n) is 6.06. The van der Waals surface area contributed by atoms with Crippen molar-refractivity contribution < 1.29 is 18.1 Å². The van der Waals surface area contributed by atoms with Crippen LogP contribution < -0.4 is 5.32 Å². The summed E-state index contributed by atoms with van der Waals surface area (Å²) in [5.41, 5.74) is 1.75. The lowest BCUT2D eigenvalue weighted by atomic mass is 10.1. The van der Waals surface area contributed by atoms with Gasteiger partial charge in [0.25, 0.3) is 5.91 Å². The van der Waals surface area contributed by atoms with Crippen LogP contribution in [0.1, 0.15) is 16.1 Å². The highest BCUT2D eigenvalue weighted by Crippen LogP contribution is 2.20. The molecule has 0 unspecified atom stereocenters. The first-order valence-electron chi connectivity index (χ1n) is 8.38. The number of nitrogens with one attached hydrogen (secondary N) is 1. The van der Waals surface area contributed by atoms with Crippen LogP contribution in [-0.4, -0.2) is 20.8 Å². The molecule has 140 valence electrons. The van der Waals surface area contributed by atoms with E-state index in [9.17, 15) is 13.6 Å². The molecule has 0 aliphatic rings. The van der Waals surface area contributed by atoms with Gasteiger partial charge in [-0.1, -0.05) is 35.5 Å². The minimum atomic E-state index is -0.527. The molecule has 28 heavy (non-hydrogen) atoms. The van der Waals surface area contributed by atoms with Crippen molar-refractivity contribution in [1.29, 1.82) is 0 Å². The van der Waals surface area contributed by atoms with Crippen molar-refractivity contribution in [1.82, 2.24) is 14.9 Å². The second kappa shape index (κ2) is 7.43. The number of amides is 1. The fourth-order valence-electron chi connectivity index (χ4n) is 2.67. The molecule has 0 atom stereocenters. The fraction of sp³-hybridized carbons (Fsp3) is 0.0500. The molecule has 8 heteroatoms. The average molecular weight is 380 g/mol. The molecule has 0 aliphatic carbocycles. The van der Waals surface area contributed by atoms with Gasteiger partial charge in [0.05, 0.1) is 18.4 Å². The van der Waals surface area contributed by atoms with Crippen molar-refractivity contribution in [2.24, 2.45) is 0 Å². The van der Waals surface area contributed by atoms with E-state index in [1.165, 1.54) is 35.1 Å². The summed E-state index contributed by atoms with van der Waals surface area (Å²) in [6.45, 7) is 0.231. The number of aromatic nitrogens is 3. The summed E-state index contributed by atoms with van der Waals surface area (Å²) in [6, 6.07) is 13.6. The summed E-state index contributed by atoms with van der Waals surface area (Å²) in [6.07, 6.45) is 3.02. The largest absolute Gasteiger partial charge is 0.350 e. The number of halogens is 2. The van der Waals surface area contributed by atoms with Crippen molar-refractivity contribution >= 4 is 11.6 Å². The molecular formula is C20H14F2N4O2. The highest BCUT2D eigenvalue weighted by molar-refractivity contribution is 6.02. The number of benzene rings is 2. The summed E-state index contributed by atoms with van der Waals surface area (Å²) < 4.78 is 33.6. The maximum absolute atomic E-state index is 13.7. The summed E-state index contributed by atoms with van der Waals surface area (Å²) in [4.78, 5) is 12.3. The van der Waals surface area contributed by atoms with E-state index in [0.717, 1.165) is 0 Å². The van der Waals surface area contributed by atoms with Gasteiger partial charge >= 0.3 is 0 Å². The maximum Gasteiger partial charge on any atom is 0.294 e. The Morgan fingerprint density at radius 1 is 1.11 bits per heavy atom. The van der Waals surface area contributed by atoms with Gasteiger partial charge in [0.2, 0.25) is 5.76 Å². The molecule has 4 aromatic rings. The van der Waals surface area contributed by atoms with Gasteiger partial charge in [-0.25, -0.2) is 8.78 Å². The molecule has 0 fully saturated rings. The van der Waals surface area contributed by atoms with E-state index in [1.807, 2.05) is 0 Å². The van der Waals surface area contributed by atoms with Gasteiger partial charge in [-0.15, -0.1) is 0 Å². The van der Waals surface area contributed by atoms with Crippen molar-refractivity contribution in [2.45, 2.75) is 6.54 Å². The zero-order valence-corrected chi connectivity index (χ0v) is 14.5. The molecule has 6 nitrogen and oxygen atoms in total. The molecule has 1 amide bonds. The Morgan fingerprint density at radius 2 is 1.96 bits per heavy atom. The molecule has 1 N–H and O–H groups in total. The Hall–Kier alpha value is -3.81. The molecule has 2 aromatic heterocycles. The number of hydrogen-bond acceptors (Lipinski definition) is 4. The number of carbonyl (C=O) groups excluding carboxylic acids is 1. The van der Waals surface area contributed by atoms with Gasteiger partial charge in [0.1, 0.15) is 17.3 Å². The number of rotatable bonds is 5. The van der Waals surface area contributed by atoms with Gasteiger partial charge in [0, 0.05) is 23.4 Å². The molecule has 4 rings (SSSR count). The fourth-order valence-corrected chi connectivity index (χ4v) is 2.67. The van der Waals surface area contributed by atoms with Crippen LogP contribution in [0.25, 0.3) is 11.3 Å². The van der Waals surface area contributed by atoms with Gasteiger partial charge < -0.3 is 9.84 Å². The normalized spacial score (nSPS) is 10.8. The minimum Gasteiger partial charge on any atom is -0.350 e. The van der Waals surface area contributed by atoms with Crippen molar-refractivity contribution in [2.75, 3.05) is 5.32 Å². The lowest BCUT2D eigenvalue weighted by Crippen LogP contribution is -2.10. The first-order valence-corrected chi connectivity index (χ1v) is 8.38. The standard InChI is InChI=1S/C20H14F2N4O2/c21-15-6-3-5-13(8-15)18-9-19(28-25-18)20(27)24-16-10-23-26(12-16)11-14-4-1-2-7-17(14)22/h1-10,12H,11H2,(H,24,27). The monoisotopic (exact) mass is 380 g/mol. The summed E-state index contributed by atoms with van der Waals surface area (Å²) in [5, 5.41) is 10.5. The summed E-state index contributed by atoms with van der Waals surface area (Å²) >= 11 is 0. The zero-order valence-electron chi connectivity index (χ0n) is 14.5.